The molecule has 3 rings (SSSR count). The maximum Gasteiger partial charge on any atom is 0.410 e. The van der Waals surface area contributed by atoms with Crippen LogP contribution in [0.5, 0.6) is 5.75 Å². The first-order valence-electron chi connectivity index (χ1n) is 10.2. The molecule has 2 aliphatic heterocycles. The van der Waals surface area contributed by atoms with E-state index >= 15 is 4.39 Å². The number of carbonyl (C=O) groups excluding carboxylic acids is 1. The zero-order chi connectivity index (χ0) is 20.6. The molecule has 2 bridgehead atoms. The molecule has 1 aromatic carbocycles. The van der Waals surface area contributed by atoms with Crippen LogP contribution in [0.2, 0.25) is 0 Å². The van der Waals surface area contributed by atoms with Gasteiger partial charge in [-0.05, 0) is 78.4 Å². The molecule has 1 N–H and O–H groups in total. The van der Waals surface area contributed by atoms with Crippen LogP contribution in [0.1, 0.15) is 71.8 Å². The Labute approximate surface area is 167 Å². The largest absolute Gasteiger partial charge is 0.496 e. The van der Waals surface area contributed by atoms with E-state index in [1.807, 2.05) is 45.6 Å². The van der Waals surface area contributed by atoms with Crippen LogP contribution in [0.15, 0.2) is 12.1 Å². The Morgan fingerprint density at radius 1 is 1.21 bits per heavy atom. The van der Waals surface area contributed by atoms with Crippen LogP contribution in [0.25, 0.3) is 0 Å². The number of nitrogens with one attached hydrogen (secondary N) is 1. The molecule has 2 unspecified atom stereocenters. The van der Waals surface area contributed by atoms with E-state index in [-0.39, 0.29) is 36.0 Å². The third kappa shape index (κ3) is 4.20. The number of hydrogen-bond acceptors (Lipinski definition) is 4. The van der Waals surface area contributed by atoms with Crippen LogP contribution in [-0.2, 0) is 4.74 Å². The lowest BCUT2D eigenvalue weighted by molar-refractivity contribution is 0.00569. The van der Waals surface area contributed by atoms with E-state index in [0.717, 1.165) is 25.7 Å². The maximum absolute atomic E-state index is 15.4. The Balaban J connectivity index is 1.85. The quantitative estimate of drug-likeness (QED) is 0.755. The average molecular weight is 393 g/mol. The molecule has 2 aliphatic rings. The first-order chi connectivity index (χ1) is 13.1. The van der Waals surface area contributed by atoms with E-state index in [2.05, 4.69) is 5.32 Å². The van der Waals surface area contributed by atoms with Gasteiger partial charge in [0.15, 0.2) is 5.82 Å². The van der Waals surface area contributed by atoms with Crippen LogP contribution in [-0.4, -0.2) is 41.8 Å². The zero-order valence-corrected chi connectivity index (χ0v) is 17.8. The molecular weight excluding hydrogens is 359 g/mol. The summed E-state index contributed by atoms with van der Waals surface area (Å²) in [6.45, 7) is 9.62. The van der Waals surface area contributed by atoms with Gasteiger partial charge in [-0.15, -0.1) is 0 Å². The van der Waals surface area contributed by atoms with Crippen molar-refractivity contribution in [2.24, 2.45) is 0 Å². The zero-order valence-electron chi connectivity index (χ0n) is 17.8. The molecule has 6 heteroatoms. The summed E-state index contributed by atoms with van der Waals surface area (Å²) in [6.07, 6.45) is 3.09. The fraction of sp³-hybridized carbons (Fsp3) is 0.682. The number of nitrogens with zero attached hydrogens (tertiary/aromatic N) is 1. The number of amides is 1. The summed E-state index contributed by atoms with van der Waals surface area (Å²) in [5.41, 5.74) is 0.626. The second-order valence-electron chi connectivity index (χ2n) is 9.28. The van der Waals surface area contributed by atoms with E-state index in [1.54, 1.807) is 13.2 Å². The highest BCUT2D eigenvalue weighted by atomic mass is 19.1. The molecule has 0 saturated carbocycles. The van der Waals surface area contributed by atoms with Gasteiger partial charge in [0.25, 0.3) is 0 Å². The topological polar surface area (TPSA) is 50.8 Å². The third-order valence-electron chi connectivity index (χ3n) is 5.55. The fourth-order valence-electron chi connectivity index (χ4n) is 4.58. The molecule has 0 aliphatic carbocycles. The number of fused-ring (bicyclic) bond motifs is 2. The minimum atomic E-state index is -0.514. The Bertz CT molecular complexity index is 715. The molecular formula is C22H33FN2O3. The van der Waals surface area contributed by atoms with Gasteiger partial charge in [-0.2, -0.15) is 0 Å². The highest BCUT2D eigenvalue weighted by molar-refractivity contribution is 5.70. The van der Waals surface area contributed by atoms with Crippen LogP contribution in [0, 0.1) is 5.82 Å². The number of ether oxygens (including phenoxy) is 2. The number of piperidine rings is 1. The van der Waals surface area contributed by atoms with Crippen LogP contribution >= 0.6 is 0 Å². The van der Waals surface area contributed by atoms with Crippen molar-refractivity contribution in [3.63, 3.8) is 0 Å². The molecule has 28 heavy (non-hydrogen) atoms. The standard InChI is InChI=1S/C22H33FN2O3/c1-13(2)24-17-9-10-18(27-6)19(20(17)23)14-11-15-7-8-16(12-14)25(15)21(26)28-22(3,4)5/h9-10,13-16,24H,7-8,11-12H2,1-6H3. The van der Waals surface area contributed by atoms with Crippen LogP contribution < -0.4 is 10.1 Å². The minimum Gasteiger partial charge on any atom is -0.496 e. The molecule has 2 fully saturated rings. The van der Waals surface area contributed by atoms with Crippen molar-refractivity contribution in [2.45, 2.75) is 89.9 Å². The Morgan fingerprint density at radius 3 is 2.32 bits per heavy atom. The number of carbonyl (C=O) groups is 1. The van der Waals surface area contributed by atoms with E-state index in [1.165, 1.54) is 0 Å². The first kappa shape index (κ1) is 20.7. The molecule has 0 spiro atoms. The SMILES string of the molecule is COc1ccc(NC(C)C)c(F)c1C1CC2CCC(C1)N2C(=O)OC(C)(C)C. The van der Waals surface area contributed by atoms with Gasteiger partial charge in [-0.1, -0.05) is 0 Å². The predicted octanol–water partition coefficient (Wildman–Crippen LogP) is 5.30. The fourth-order valence-corrected chi connectivity index (χ4v) is 4.58. The van der Waals surface area contributed by atoms with Crippen LogP contribution in [0.4, 0.5) is 14.9 Å². The Hall–Kier alpha value is -1.98. The molecule has 5 nitrogen and oxygen atoms in total. The second kappa shape index (κ2) is 7.80. The summed E-state index contributed by atoms with van der Waals surface area (Å²) in [5, 5.41) is 3.18. The number of rotatable bonds is 4. The van der Waals surface area contributed by atoms with Crippen molar-refractivity contribution in [3.05, 3.63) is 23.5 Å². The summed E-state index contributed by atoms with van der Waals surface area (Å²) in [4.78, 5) is 14.6. The van der Waals surface area contributed by atoms with E-state index < -0.39 is 5.60 Å². The van der Waals surface area contributed by atoms with Gasteiger partial charge >= 0.3 is 6.09 Å². The molecule has 0 radical (unpaired) electrons. The van der Waals surface area contributed by atoms with Crippen molar-refractivity contribution < 1.29 is 18.7 Å². The lowest BCUT2D eigenvalue weighted by Gasteiger charge is -2.40. The van der Waals surface area contributed by atoms with Gasteiger partial charge in [-0.3, -0.25) is 0 Å². The van der Waals surface area contributed by atoms with E-state index in [4.69, 9.17) is 9.47 Å². The second-order valence-corrected chi connectivity index (χ2v) is 9.28. The predicted molar refractivity (Wildman–Crippen MR) is 109 cm³/mol. The molecule has 1 aromatic rings. The first-order valence-corrected chi connectivity index (χ1v) is 10.2. The van der Waals surface area contributed by atoms with E-state index in [0.29, 0.717) is 17.0 Å². The third-order valence-corrected chi connectivity index (χ3v) is 5.55. The maximum atomic E-state index is 15.4. The number of halogens is 1. The Kier molecular flexibility index (Phi) is 5.78. The van der Waals surface area contributed by atoms with Gasteiger partial charge in [0.05, 0.1) is 12.8 Å². The highest BCUT2D eigenvalue weighted by Gasteiger charge is 2.46. The summed E-state index contributed by atoms with van der Waals surface area (Å²) in [6, 6.07) is 3.89. The summed E-state index contributed by atoms with van der Waals surface area (Å²) < 4.78 is 26.5. The van der Waals surface area contributed by atoms with Gasteiger partial charge < -0.3 is 19.7 Å². The number of benzene rings is 1. The van der Waals surface area contributed by atoms with Gasteiger partial charge in [0.2, 0.25) is 0 Å². The molecule has 2 saturated heterocycles. The Morgan fingerprint density at radius 2 is 1.82 bits per heavy atom. The van der Waals surface area contributed by atoms with Gasteiger partial charge in [0, 0.05) is 23.7 Å². The average Bonchev–Trinajstić information content (AvgIpc) is 2.85. The van der Waals surface area contributed by atoms with Crippen molar-refractivity contribution in [1.29, 1.82) is 0 Å². The molecule has 0 aromatic heterocycles. The molecule has 2 atom stereocenters. The van der Waals surface area contributed by atoms with Crippen molar-refractivity contribution in [1.82, 2.24) is 4.90 Å². The van der Waals surface area contributed by atoms with Crippen molar-refractivity contribution in [3.8, 4) is 5.75 Å². The summed E-state index contributed by atoms with van der Waals surface area (Å²) in [7, 11) is 1.58. The molecule has 1 amide bonds. The van der Waals surface area contributed by atoms with E-state index in [9.17, 15) is 4.79 Å². The summed E-state index contributed by atoms with van der Waals surface area (Å²) in [5.74, 6) is 0.380. The monoisotopic (exact) mass is 392 g/mol. The van der Waals surface area contributed by atoms with Gasteiger partial charge in [0.1, 0.15) is 11.4 Å². The van der Waals surface area contributed by atoms with Crippen LogP contribution in [0.3, 0.4) is 0 Å². The summed E-state index contributed by atoms with van der Waals surface area (Å²) >= 11 is 0. The minimum absolute atomic E-state index is 0.0278. The molecule has 2 heterocycles. The number of hydrogen-bond donors (Lipinski definition) is 1. The van der Waals surface area contributed by atoms with Crippen molar-refractivity contribution in [2.75, 3.05) is 12.4 Å². The highest BCUT2D eigenvalue weighted by Crippen LogP contribution is 2.47. The smallest absolute Gasteiger partial charge is 0.410 e. The lowest BCUT2D eigenvalue weighted by atomic mass is 9.84. The lowest BCUT2D eigenvalue weighted by Crippen LogP contribution is -2.48. The van der Waals surface area contributed by atoms with Gasteiger partial charge in [-0.25, -0.2) is 9.18 Å². The normalized spacial score (nSPS) is 24.4. The number of methoxy groups -OCH3 is 1. The number of anilines is 1. The molecule has 156 valence electrons. The van der Waals surface area contributed by atoms with Crippen molar-refractivity contribution >= 4 is 11.8 Å².